The molecule has 22 heavy (non-hydrogen) atoms. The molecule has 9 heteroatoms. The highest BCUT2D eigenvalue weighted by atomic mass is 32.2. The lowest BCUT2D eigenvalue weighted by atomic mass is 10.3. The van der Waals surface area contributed by atoms with Crippen LogP contribution >= 0.6 is 0 Å². The Kier molecular flexibility index (Phi) is 10.4. The van der Waals surface area contributed by atoms with E-state index in [1.165, 1.54) is 4.31 Å². The smallest absolute Gasteiger partial charge is 0.264 e. The third-order valence-electron chi connectivity index (χ3n) is 3.24. The van der Waals surface area contributed by atoms with Crippen LogP contribution in [-0.4, -0.2) is 75.3 Å². The Labute approximate surface area is 135 Å². The van der Waals surface area contributed by atoms with Gasteiger partial charge in [0.2, 0.25) is 10.0 Å². The highest BCUT2D eigenvalue weighted by molar-refractivity contribution is 7.88. The third-order valence-corrected chi connectivity index (χ3v) is 5.35. The van der Waals surface area contributed by atoms with Gasteiger partial charge in [0.25, 0.3) is 10.1 Å². The number of hydrogen-bond acceptors (Lipinski definition) is 5. The van der Waals surface area contributed by atoms with Crippen LogP contribution in [0.3, 0.4) is 0 Å². The van der Waals surface area contributed by atoms with Crippen LogP contribution in [0.5, 0.6) is 0 Å². The zero-order valence-corrected chi connectivity index (χ0v) is 15.5. The van der Waals surface area contributed by atoms with Crippen LogP contribution in [0, 0.1) is 0 Å². The maximum absolute atomic E-state index is 11.7. The topological polar surface area (TPSA) is 95.0 Å². The van der Waals surface area contributed by atoms with E-state index in [0.717, 1.165) is 38.7 Å². The molecule has 0 spiro atoms. The summed E-state index contributed by atoms with van der Waals surface area (Å²) < 4.78 is 54.8. The Hall–Kier alpha value is -0.220. The number of sulfonamides is 1. The van der Waals surface area contributed by atoms with Gasteiger partial charge in [0.15, 0.2) is 0 Å². The van der Waals surface area contributed by atoms with Gasteiger partial charge in [-0.05, 0) is 45.3 Å². The molecule has 0 bridgehead atoms. The van der Waals surface area contributed by atoms with Crippen molar-refractivity contribution in [2.45, 2.75) is 39.5 Å². The molecule has 0 aliphatic carbocycles. The first kappa shape index (κ1) is 21.8. The van der Waals surface area contributed by atoms with E-state index in [9.17, 15) is 16.8 Å². The summed E-state index contributed by atoms with van der Waals surface area (Å²) in [7, 11) is -7.41. The average molecular weight is 359 g/mol. The third kappa shape index (κ3) is 11.4. The van der Waals surface area contributed by atoms with E-state index >= 15 is 0 Å². The summed E-state index contributed by atoms with van der Waals surface area (Å²) in [6.07, 6.45) is 4.04. The van der Waals surface area contributed by atoms with E-state index in [-0.39, 0.29) is 13.0 Å². The maximum atomic E-state index is 11.7. The predicted octanol–water partition coefficient (Wildman–Crippen LogP) is 1.04. The van der Waals surface area contributed by atoms with Gasteiger partial charge in [-0.2, -0.15) is 8.42 Å². The summed E-state index contributed by atoms with van der Waals surface area (Å²) in [5, 5.41) is 0. The van der Waals surface area contributed by atoms with E-state index in [1.807, 2.05) is 0 Å². The maximum Gasteiger partial charge on any atom is 0.264 e. The first-order chi connectivity index (χ1) is 10.1. The lowest BCUT2D eigenvalue weighted by Crippen LogP contribution is -2.35. The van der Waals surface area contributed by atoms with Crippen molar-refractivity contribution in [1.82, 2.24) is 9.21 Å². The molecule has 0 aromatic carbocycles. The van der Waals surface area contributed by atoms with E-state index in [2.05, 4.69) is 18.7 Å². The van der Waals surface area contributed by atoms with Crippen molar-refractivity contribution in [3.05, 3.63) is 0 Å². The molecule has 0 aromatic rings. The van der Waals surface area contributed by atoms with Crippen LogP contribution in [-0.2, 0) is 20.1 Å². The van der Waals surface area contributed by atoms with Crippen LogP contribution in [0.1, 0.15) is 39.5 Å². The number of nitrogens with zero attached hydrogens (tertiary/aromatic N) is 2. The molecule has 0 saturated heterocycles. The molecule has 134 valence electrons. The molecule has 0 rings (SSSR count). The fraction of sp³-hybridized carbons (Fsp3) is 1.00. The quantitative estimate of drug-likeness (QED) is 0.494. The second-order valence-corrected chi connectivity index (χ2v) is 9.05. The van der Waals surface area contributed by atoms with Crippen LogP contribution < -0.4 is 0 Å². The van der Waals surface area contributed by atoms with Gasteiger partial charge < -0.3 is 4.90 Å². The van der Waals surface area contributed by atoms with Crippen molar-refractivity contribution in [2.24, 2.45) is 0 Å². The molecule has 0 aliphatic heterocycles. The van der Waals surface area contributed by atoms with Crippen LogP contribution in [0.2, 0.25) is 0 Å². The molecule has 0 radical (unpaired) electrons. The molecule has 0 unspecified atom stereocenters. The molecule has 0 heterocycles. The summed E-state index contributed by atoms with van der Waals surface area (Å²) in [6, 6.07) is 0. The van der Waals surface area contributed by atoms with Crippen LogP contribution in [0.15, 0.2) is 0 Å². The number of hydrogen-bond donors (Lipinski definition) is 1. The molecule has 0 aliphatic rings. The summed E-state index contributed by atoms with van der Waals surface area (Å²) in [5.74, 6) is -0.420. The lowest BCUT2D eigenvalue weighted by Gasteiger charge is -2.24. The highest BCUT2D eigenvalue weighted by Gasteiger charge is 2.17. The van der Waals surface area contributed by atoms with Crippen molar-refractivity contribution in [2.75, 3.05) is 44.7 Å². The normalized spacial score (nSPS) is 13.2. The van der Waals surface area contributed by atoms with Gasteiger partial charge in [-0.15, -0.1) is 0 Å². The Morgan fingerprint density at radius 1 is 0.818 bits per heavy atom. The van der Waals surface area contributed by atoms with Gasteiger partial charge in [-0.3, -0.25) is 4.55 Å². The van der Waals surface area contributed by atoms with Crippen LogP contribution in [0.4, 0.5) is 0 Å². The number of rotatable bonds is 13. The Bertz CT molecular complexity index is 485. The summed E-state index contributed by atoms with van der Waals surface area (Å²) in [6.45, 7) is 7.52. The second-order valence-electron chi connectivity index (χ2n) is 5.50. The average Bonchev–Trinajstić information content (AvgIpc) is 2.34. The minimum atomic E-state index is -4.04. The Balaban J connectivity index is 4.37. The minimum Gasteiger partial charge on any atom is -0.303 e. The molecule has 0 saturated carbocycles. The summed E-state index contributed by atoms with van der Waals surface area (Å²) >= 11 is 0. The van der Waals surface area contributed by atoms with Gasteiger partial charge in [-0.1, -0.05) is 13.8 Å². The summed E-state index contributed by atoms with van der Waals surface area (Å²) in [4.78, 5) is 2.30. The van der Waals surface area contributed by atoms with Gasteiger partial charge >= 0.3 is 0 Å². The zero-order chi connectivity index (χ0) is 17.2. The first-order valence-corrected chi connectivity index (χ1v) is 11.2. The minimum absolute atomic E-state index is 0.0968. The van der Waals surface area contributed by atoms with Crippen LogP contribution in [0.25, 0.3) is 0 Å². The van der Waals surface area contributed by atoms with Crippen molar-refractivity contribution in [3.8, 4) is 0 Å². The second kappa shape index (κ2) is 10.5. The summed E-state index contributed by atoms with van der Waals surface area (Å²) in [5.41, 5.74) is 0. The van der Waals surface area contributed by atoms with Crippen molar-refractivity contribution in [1.29, 1.82) is 0 Å². The molecule has 0 fully saturated rings. The van der Waals surface area contributed by atoms with E-state index < -0.39 is 25.9 Å². The lowest BCUT2D eigenvalue weighted by molar-refractivity contribution is 0.260. The van der Waals surface area contributed by atoms with Crippen molar-refractivity contribution < 1.29 is 21.4 Å². The Morgan fingerprint density at radius 3 is 1.73 bits per heavy atom. The largest absolute Gasteiger partial charge is 0.303 e. The predicted molar refractivity (Wildman–Crippen MR) is 89.1 cm³/mol. The SMILES string of the molecule is CCCN(CCC)CCCN(CCCS(=O)(=O)O)S(C)(=O)=O. The van der Waals surface area contributed by atoms with Gasteiger partial charge in [0, 0.05) is 13.1 Å². The monoisotopic (exact) mass is 358 g/mol. The fourth-order valence-corrected chi connectivity index (χ4v) is 3.72. The van der Waals surface area contributed by atoms with E-state index in [0.29, 0.717) is 13.0 Å². The van der Waals surface area contributed by atoms with E-state index in [1.54, 1.807) is 0 Å². The molecule has 0 aromatic heterocycles. The molecule has 0 amide bonds. The standard InChI is InChI=1S/C13H30N2O5S2/c1-4-8-14(9-5-2)10-6-11-15(21(3,16)17)12-7-13-22(18,19)20/h4-13H2,1-3H3,(H,18,19,20). The van der Waals surface area contributed by atoms with E-state index in [4.69, 9.17) is 4.55 Å². The highest BCUT2D eigenvalue weighted by Crippen LogP contribution is 2.04. The van der Waals surface area contributed by atoms with Crippen molar-refractivity contribution >= 4 is 20.1 Å². The van der Waals surface area contributed by atoms with Gasteiger partial charge in [-0.25, -0.2) is 12.7 Å². The molecule has 1 N–H and O–H groups in total. The first-order valence-electron chi connectivity index (χ1n) is 7.72. The molecular formula is C13H30N2O5S2. The fourth-order valence-electron chi connectivity index (χ4n) is 2.31. The zero-order valence-electron chi connectivity index (χ0n) is 13.9. The van der Waals surface area contributed by atoms with Crippen molar-refractivity contribution in [3.63, 3.8) is 0 Å². The molecular weight excluding hydrogens is 328 g/mol. The van der Waals surface area contributed by atoms with Gasteiger partial charge in [0.1, 0.15) is 0 Å². The molecule has 0 atom stereocenters. The van der Waals surface area contributed by atoms with Gasteiger partial charge in [0.05, 0.1) is 12.0 Å². The molecule has 7 nitrogen and oxygen atoms in total. The Morgan fingerprint density at radius 2 is 1.32 bits per heavy atom.